The first-order valence-electron chi connectivity index (χ1n) is 11.8. The van der Waals surface area contributed by atoms with E-state index in [0.29, 0.717) is 18.5 Å². The first-order valence-corrected chi connectivity index (χ1v) is 12.2. The Morgan fingerprint density at radius 3 is 2.27 bits per heavy atom. The second kappa shape index (κ2) is 10.2. The summed E-state index contributed by atoms with van der Waals surface area (Å²) in [7, 11) is 0. The van der Waals surface area contributed by atoms with E-state index in [2.05, 4.69) is 4.98 Å². The maximum atomic E-state index is 14.2. The summed E-state index contributed by atoms with van der Waals surface area (Å²) < 4.78 is 45.5. The molecule has 0 aliphatic carbocycles. The Morgan fingerprint density at radius 1 is 1.11 bits per heavy atom. The van der Waals surface area contributed by atoms with Gasteiger partial charge in [0.2, 0.25) is 5.78 Å². The Bertz CT molecular complexity index is 1430. The predicted molar refractivity (Wildman–Crippen MR) is 136 cm³/mol. The fourth-order valence-corrected chi connectivity index (χ4v) is 5.29. The largest absolute Gasteiger partial charge is 0.435 e. The number of non-ortho nitro benzene ring substituents is 1. The van der Waals surface area contributed by atoms with Gasteiger partial charge in [0, 0.05) is 18.3 Å². The molecule has 0 radical (unpaired) electrons. The van der Waals surface area contributed by atoms with Gasteiger partial charge in [-0.25, -0.2) is 4.98 Å². The molecule has 0 aliphatic heterocycles. The maximum Gasteiger partial charge on any atom is 0.435 e. The van der Waals surface area contributed by atoms with Crippen LogP contribution < -0.4 is 5.73 Å². The topological polar surface area (TPSA) is 91.4 Å². The van der Waals surface area contributed by atoms with Crippen molar-refractivity contribution in [3.8, 4) is 5.69 Å². The molecule has 1 atom stereocenters. The monoisotopic (exact) mass is 533 g/mol. The van der Waals surface area contributed by atoms with Crippen LogP contribution in [0.1, 0.15) is 40.1 Å². The van der Waals surface area contributed by atoms with Crippen molar-refractivity contribution in [1.29, 1.82) is 0 Å². The number of benzene rings is 2. The summed E-state index contributed by atoms with van der Waals surface area (Å²) >= 11 is 6.58. The van der Waals surface area contributed by atoms with Crippen molar-refractivity contribution in [2.24, 2.45) is 11.7 Å². The summed E-state index contributed by atoms with van der Waals surface area (Å²) in [6.07, 6.45) is -2.28. The predicted octanol–water partition coefficient (Wildman–Crippen LogP) is 6.38. The average molecular weight is 534 g/mol. The van der Waals surface area contributed by atoms with Gasteiger partial charge in [-0.05, 0) is 69.2 Å². The molecule has 1 unspecified atom stereocenters. The number of fused-ring (bicyclic) bond motifs is 1. The molecule has 0 fully saturated rings. The summed E-state index contributed by atoms with van der Waals surface area (Å²) in [4.78, 5) is 14.5. The Morgan fingerprint density at radius 2 is 1.73 bits per heavy atom. The Kier molecular flexibility index (Phi) is 7.34. The van der Waals surface area contributed by atoms with Gasteiger partial charge in [-0.15, -0.1) is 0 Å². The van der Waals surface area contributed by atoms with Gasteiger partial charge in [0.25, 0.3) is 5.69 Å². The number of nitro benzene ring substituents is 1. The van der Waals surface area contributed by atoms with Crippen molar-refractivity contribution < 1.29 is 18.1 Å². The number of hydrogen-bond acceptors (Lipinski definition) is 4. The maximum absolute atomic E-state index is 14.2. The van der Waals surface area contributed by atoms with Gasteiger partial charge < -0.3 is 5.73 Å². The zero-order valence-electron chi connectivity index (χ0n) is 20.6. The molecule has 2 N–H and O–H groups in total. The van der Waals surface area contributed by atoms with Crippen LogP contribution in [0.15, 0.2) is 42.6 Å². The minimum Gasteiger partial charge on any atom is -0.330 e. The minimum atomic E-state index is -4.67. The zero-order chi connectivity index (χ0) is 27.1. The summed E-state index contributed by atoms with van der Waals surface area (Å²) in [5, 5.41) is 11.2. The van der Waals surface area contributed by atoms with Crippen molar-refractivity contribution in [3.05, 3.63) is 91.5 Å². The summed E-state index contributed by atoms with van der Waals surface area (Å²) in [6.45, 7) is 6.01. The molecule has 7 nitrogen and oxygen atoms in total. The van der Waals surface area contributed by atoms with Crippen LogP contribution >= 0.6 is 11.6 Å². The standard InChI is InChI=1S/C26H27ClF3N5O2/c1-15-10-16(2)23(17(3)11-15)34-22(27)14-33-21(24(26(28,29)30)32-25(33)34)13-19(8-9-31)12-18-4-6-20(7-5-18)35(36)37/h4-7,10-11,14,19H,8-9,12-13,31H2,1-3H3. The molecule has 0 bridgehead atoms. The van der Waals surface area contributed by atoms with Gasteiger partial charge in [-0.3, -0.25) is 19.1 Å². The van der Waals surface area contributed by atoms with Crippen LogP contribution in [0.2, 0.25) is 5.15 Å². The molecule has 0 aliphatic rings. The van der Waals surface area contributed by atoms with E-state index < -0.39 is 16.8 Å². The highest BCUT2D eigenvalue weighted by molar-refractivity contribution is 6.30. The number of halogens is 4. The van der Waals surface area contributed by atoms with Crippen LogP contribution in [0, 0.1) is 36.8 Å². The first-order chi connectivity index (χ1) is 17.4. The van der Waals surface area contributed by atoms with Gasteiger partial charge >= 0.3 is 6.18 Å². The van der Waals surface area contributed by atoms with E-state index in [1.807, 2.05) is 32.9 Å². The fourth-order valence-electron chi connectivity index (χ4n) is 5.03. The van der Waals surface area contributed by atoms with E-state index in [1.165, 1.54) is 22.7 Å². The van der Waals surface area contributed by atoms with Gasteiger partial charge in [0.05, 0.1) is 16.3 Å². The van der Waals surface area contributed by atoms with Crippen LogP contribution in [0.3, 0.4) is 0 Å². The molecule has 4 rings (SSSR count). The van der Waals surface area contributed by atoms with E-state index in [9.17, 15) is 23.3 Å². The van der Waals surface area contributed by atoms with Gasteiger partial charge in [-0.1, -0.05) is 41.4 Å². The quantitative estimate of drug-likeness (QED) is 0.210. The van der Waals surface area contributed by atoms with Crippen LogP contribution in [-0.2, 0) is 19.0 Å². The third-order valence-electron chi connectivity index (χ3n) is 6.50. The summed E-state index contributed by atoms with van der Waals surface area (Å²) in [5.74, 6) is -0.165. The Hall–Kier alpha value is -3.37. The highest BCUT2D eigenvalue weighted by Gasteiger charge is 2.39. The van der Waals surface area contributed by atoms with E-state index in [0.717, 1.165) is 22.3 Å². The lowest BCUT2D eigenvalue weighted by atomic mass is 9.91. The highest BCUT2D eigenvalue weighted by Crippen LogP contribution is 2.37. The lowest BCUT2D eigenvalue weighted by Crippen LogP contribution is -2.18. The number of aryl methyl sites for hydroxylation is 3. The molecule has 0 amide bonds. The second-order valence-electron chi connectivity index (χ2n) is 9.38. The van der Waals surface area contributed by atoms with E-state index in [-0.39, 0.29) is 41.2 Å². The average Bonchev–Trinajstić information content (AvgIpc) is 3.29. The molecular formula is C26H27ClF3N5O2. The second-order valence-corrected chi connectivity index (χ2v) is 9.77. The van der Waals surface area contributed by atoms with Crippen LogP contribution in [0.25, 0.3) is 11.5 Å². The third kappa shape index (κ3) is 5.35. The molecule has 2 aromatic carbocycles. The van der Waals surface area contributed by atoms with Crippen LogP contribution in [0.5, 0.6) is 0 Å². The van der Waals surface area contributed by atoms with Crippen molar-refractivity contribution in [1.82, 2.24) is 14.0 Å². The first kappa shape index (κ1) is 26.7. The molecule has 196 valence electrons. The number of hydrogen-bond donors (Lipinski definition) is 1. The van der Waals surface area contributed by atoms with Gasteiger partial charge in [0.15, 0.2) is 5.69 Å². The normalized spacial score (nSPS) is 12.9. The Balaban J connectivity index is 1.80. The number of imidazole rings is 2. The smallest absolute Gasteiger partial charge is 0.330 e. The molecule has 0 saturated carbocycles. The molecule has 2 heterocycles. The number of rotatable bonds is 8. The molecule has 4 aromatic rings. The van der Waals surface area contributed by atoms with Crippen LogP contribution in [0.4, 0.5) is 18.9 Å². The Labute approximate surface area is 216 Å². The lowest BCUT2D eigenvalue weighted by Gasteiger charge is -2.17. The van der Waals surface area contributed by atoms with Gasteiger partial charge in [0.1, 0.15) is 5.15 Å². The lowest BCUT2D eigenvalue weighted by molar-refractivity contribution is -0.384. The van der Waals surface area contributed by atoms with E-state index in [1.54, 1.807) is 16.7 Å². The van der Waals surface area contributed by atoms with Crippen molar-refractivity contribution in [3.63, 3.8) is 0 Å². The third-order valence-corrected chi connectivity index (χ3v) is 6.76. The number of nitrogens with zero attached hydrogens (tertiary/aromatic N) is 4. The number of aromatic nitrogens is 3. The molecule has 11 heteroatoms. The van der Waals surface area contributed by atoms with Crippen LogP contribution in [-0.4, -0.2) is 25.4 Å². The number of nitrogens with two attached hydrogens (primary N) is 1. The fraction of sp³-hybridized carbons (Fsp3) is 0.346. The molecule has 0 spiro atoms. The van der Waals surface area contributed by atoms with E-state index >= 15 is 0 Å². The molecule has 2 aromatic heterocycles. The molecule has 37 heavy (non-hydrogen) atoms. The molecule has 0 saturated heterocycles. The SMILES string of the molecule is Cc1cc(C)c(-n2c(Cl)cn3c(CC(CCN)Cc4ccc([N+](=O)[O-])cc4)c(C(F)(F)F)nc23)c(C)c1. The van der Waals surface area contributed by atoms with Crippen molar-refractivity contribution in [2.45, 2.75) is 46.2 Å². The zero-order valence-corrected chi connectivity index (χ0v) is 21.4. The number of nitro groups is 1. The molecular weight excluding hydrogens is 507 g/mol. The van der Waals surface area contributed by atoms with Crippen molar-refractivity contribution >= 4 is 23.1 Å². The van der Waals surface area contributed by atoms with Gasteiger partial charge in [-0.2, -0.15) is 13.2 Å². The highest BCUT2D eigenvalue weighted by atomic mass is 35.5. The number of alkyl halides is 3. The van der Waals surface area contributed by atoms with Crippen molar-refractivity contribution in [2.75, 3.05) is 6.54 Å². The minimum absolute atomic E-state index is 0.00549. The van der Waals surface area contributed by atoms with E-state index in [4.69, 9.17) is 17.3 Å². The summed E-state index contributed by atoms with van der Waals surface area (Å²) in [5.41, 5.74) is 9.05. The summed E-state index contributed by atoms with van der Waals surface area (Å²) in [6, 6.07) is 9.91.